The maximum absolute atomic E-state index is 5.78. The lowest BCUT2D eigenvalue weighted by atomic mass is 10.2. The number of halogens is 1. The summed E-state index contributed by atoms with van der Waals surface area (Å²) < 4.78 is 5.68. The summed E-state index contributed by atoms with van der Waals surface area (Å²) in [4.78, 5) is 8.37. The molecular weight excluding hydrogens is 280 g/mol. The van der Waals surface area contributed by atoms with Gasteiger partial charge in [-0.05, 0) is 18.2 Å². The van der Waals surface area contributed by atoms with Gasteiger partial charge in [-0.15, -0.1) is 11.3 Å². The highest BCUT2D eigenvalue weighted by Crippen LogP contribution is 2.27. The Balaban J connectivity index is 1.85. The van der Waals surface area contributed by atoms with Gasteiger partial charge in [0.1, 0.15) is 10.8 Å². The van der Waals surface area contributed by atoms with Crippen LogP contribution in [0.1, 0.15) is 0 Å². The standard InChI is InChI=1S/C14H9ClN2OS/c15-11-4-5-13(17-9-11)18-12-3-1-2-10(8-12)14-16-6-7-19-14/h1-9H. The molecule has 2 aromatic heterocycles. The van der Waals surface area contributed by atoms with Crippen molar-refractivity contribution in [2.75, 3.05) is 0 Å². The summed E-state index contributed by atoms with van der Waals surface area (Å²) in [5.41, 5.74) is 1.03. The van der Waals surface area contributed by atoms with Crippen molar-refractivity contribution in [3.8, 4) is 22.2 Å². The molecule has 2 heterocycles. The largest absolute Gasteiger partial charge is 0.439 e. The molecule has 3 nitrogen and oxygen atoms in total. The number of rotatable bonds is 3. The summed E-state index contributed by atoms with van der Waals surface area (Å²) in [6.45, 7) is 0. The lowest BCUT2D eigenvalue weighted by Crippen LogP contribution is -1.87. The van der Waals surface area contributed by atoms with E-state index in [1.165, 1.54) is 0 Å². The first-order valence-electron chi connectivity index (χ1n) is 5.60. The van der Waals surface area contributed by atoms with Crippen LogP contribution in [0.4, 0.5) is 0 Å². The number of pyridine rings is 1. The zero-order chi connectivity index (χ0) is 13.1. The molecule has 0 aliphatic heterocycles. The quantitative estimate of drug-likeness (QED) is 0.703. The molecule has 94 valence electrons. The monoisotopic (exact) mass is 288 g/mol. The maximum Gasteiger partial charge on any atom is 0.219 e. The third kappa shape index (κ3) is 2.92. The van der Waals surface area contributed by atoms with Crippen molar-refractivity contribution in [2.24, 2.45) is 0 Å². The molecule has 3 rings (SSSR count). The average molecular weight is 289 g/mol. The second-order valence-corrected chi connectivity index (χ2v) is 5.11. The molecule has 0 bridgehead atoms. The van der Waals surface area contributed by atoms with Crippen LogP contribution in [0.25, 0.3) is 10.6 Å². The van der Waals surface area contributed by atoms with Gasteiger partial charge >= 0.3 is 0 Å². The minimum absolute atomic E-state index is 0.515. The van der Waals surface area contributed by atoms with E-state index < -0.39 is 0 Å². The van der Waals surface area contributed by atoms with Crippen molar-refractivity contribution in [3.05, 3.63) is 59.2 Å². The first-order valence-corrected chi connectivity index (χ1v) is 6.86. The fraction of sp³-hybridized carbons (Fsp3) is 0. The number of nitrogens with zero attached hydrogens (tertiary/aromatic N) is 2. The Kier molecular flexibility index (Phi) is 3.44. The Morgan fingerprint density at radius 2 is 2.05 bits per heavy atom. The van der Waals surface area contributed by atoms with Crippen LogP contribution in [0.15, 0.2) is 54.2 Å². The predicted molar refractivity (Wildman–Crippen MR) is 76.9 cm³/mol. The first kappa shape index (κ1) is 12.1. The smallest absolute Gasteiger partial charge is 0.219 e. The Morgan fingerprint density at radius 3 is 2.79 bits per heavy atom. The first-order chi connectivity index (χ1) is 9.31. The molecule has 0 saturated heterocycles. The molecule has 5 heteroatoms. The maximum atomic E-state index is 5.78. The van der Waals surface area contributed by atoms with Gasteiger partial charge in [-0.25, -0.2) is 9.97 Å². The van der Waals surface area contributed by atoms with Crippen molar-refractivity contribution in [3.63, 3.8) is 0 Å². The van der Waals surface area contributed by atoms with Crippen molar-refractivity contribution < 1.29 is 4.74 Å². The third-order valence-electron chi connectivity index (χ3n) is 2.44. The van der Waals surface area contributed by atoms with Crippen LogP contribution in [0.5, 0.6) is 11.6 Å². The predicted octanol–water partition coefficient (Wildman–Crippen LogP) is 4.65. The molecule has 0 fully saturated rings. The van der Waals surface area contributed by atoms with Gasteiger partial charge in [0.05, 0.1) is 5.02 Å². The van der Waals surface area contributed by atoms with Crippen LogP contribution in [-0.4, -0.2) is 9.97 Å². The van der Waals surface area contributed by atoms with Crippen molar-refractivity contribution in [2.45, 2.75) is 0 Å². The second-order valence-electron chi connectivity index (χ2n) is 3.78. The van der Waals surface area contributed by atoms with Crippen molar-refractivity contribution >= 4 is 22.9 Å². The molecule has 0 aliphatic rings. The van der Waals surface area contributed by atoms with E-state index in [-0.39, 0.29) is 0 Å². The summed E-state index contributed by atoms with van der Waals surface area (Å²) in [5.74, 6) is 1.24. The molecular formula is C14H9ClN2OS. The normalized spacial score (nSPS) is 10.4. The highest BCUT2D eigenvalue weighted by molar-refractivity contribution is 7.13. The zero-order valence-electron chi connectivity index (χ0n) is 9.79. The lowest BCUT2D eigenvalue weighted by Gasteiger charge is -2.05. The fourth-order valence-electron chi connectivity index (χ4n) is 1.60. The van der Waals surface area contributed by atoms with E-state index in [1.54, 1.807) is 35.9 Å². The molecule has 0 atom stereocenters. The minimum Gasteiger partial charge on any atom is -0.439 e. The highest BCUT2D eigenvalue weighted by atomic mass is 35.5. The molecule has 0 radical (unpaired) electrons. The molecule has 0 spiro atoms. The van der Waals surface area contributed by atoms with E-state index >= 15 is 0 Å². The number of hydrogen-bond acceptors (Lipinski definition) is 4. The van der Waals surface area contributed by atoms with Gasteiger partial charge in [0, 0.05) is 29.4 Å². The Bertz CT molecular complexity index is 668. The molecule has 3 aromatic rings. The third-order valence-corrected chi connectivity index (χ3v) is 3.48. The van der Waals surface area contributed by atoms with E-state index in [0.29, 0.717) is 10.9 Å². The lowest BCUT2D eigenvalue weighted by molar-refractivity contribution is 0.463. The molecule has 1 aromatic carbocycles. The molecule has 0 saturated carbocycles. The Morgan fingerprint density at radius 1 is 1.11 bits per heavy atom. The van der Waals surface area contributed by atoms with E-state index in [2.05, 4.69) is 9.97 Å². The van der Waals surface area contributed by atoms with Crippen LogP contribution >= 0.6 is 22.9 Å². The van der Waals surface area contributed by atoms with Crippen molar-refractivity contribution in [1.82, 2.24) is 9.97 Å². The van der Waals surface area contributed by atoms with Crippen LogP contribution in [0.3, 0.4) is 0 Å². The van der Waals surface area contributed by atoms with E-state index in [1.807, 2.05) is 29.6 Å². The molecule has 19 heavy (non-hydrogen) atoms. The van der Waals surface area contributed by atoms with Gasteiger partial charge in [-0.2, -0.15) is 0 Å². The average Bonchev–Trinajstić information content (AvgIpc) is 2.96. The summed E-state index contributed by atoms with van der Waals surface area (Å²) >= 11 is 7.38. The number of thiazole rings is 1. The van der Waals surface area contributed by atoms with E-state index in [9.17, 15) is 0 Å². The van der Waals surface area contributed by atoms with Crippen LogP contribution in [0.2, 0.25) is 5.02 Å². The van der Waals surface area contributed by atoms with Gasteiger partial charge in [0.25, 0.3) is 0 Å². The molecule has 0 unspecified atom stereocenters. The molecule has 0 N–H and O–H groups in total. The van der Waals surface area contributed by atoms with Gasteiger partial charge in [-0.1, -0.05) is 23.7 Å². The van der Waals surface area contributed by atoms with Gasteiger partial charge in [0.2, 0.25) is 5.88 Å². The topological polar surface area (TPSA) is 35.0 Å². The van der Waals surface area contributed by atoms with Gasteiger partial charge < -0.3 is 4.74 Å². The fourth-order valence-corrected chi connectivity index (χ4v) is 2.35. The molecule has 0 amide bonds. The summed E-state index contributed by atoms with van der Waals surface area (Å²) in [7, 11) is 0. The second kappa shape index (κ2) is 5.38. The van der Waals surface area contributed by atoms with Crippen LogP contribution < -0.4 is 4.74 Å². The highest BCUT2D eigenvalue weighted by Gasteiger charge is 2.03. The zero-order valence-corrected chi connectivity index (χ0v) is 11.4. The van der Waals surface area contributed by atoms with Crippen molar-refractivity contribution in [1.29, 1.82) is 0 Å². The van der Waals surface area contributed by atoms with Gasteiger partial charge in [0.15, 0.2) is 0 Å². The number of aromatic nitrogens is 2. The van der Waals surface area contributed by atoms with E-state index in [4.69, 9.17) is 16.3 Å². The minimum atomic E-state index is 0.515. The van der Waals surface area contributed by atoms with E-state index in [0.717, 1.165) is 16.3 Å². The Labute approximate surface area is 119 Å². The number of benzene rings is 1. The summed E-state index contributed by atoms with van der Waals surface area (Å²) in [6.07, 6.45) is 3.34. The summed E-state index contributed by atoms with van der Waals surface area (Å²) in [6, 6.07) is 11.2. The SMILES string of the molecule is Clc1ccc(Oc2cccc(-c3nccs3)c2)nc1. The van der Waals surface area contributed by atoms with Crippen LogP contribution in [-0.2, 0) is 0 Å². The number of ether oxygens (including phenoxy) is 1. The molecule has 0 aliphatic carbocycles. The Hall–Kier alpha value is -1.91. The van der Waals surface area contributed by atoms with Crippen LogP contribution in [0, 0.1) is 0 Å². The number of hydrogen-bond donors (Lipinski definition) is 0. The summed E-state index contributed by atoms with van der Waals surface area (Å²) in [5, 5.41) is 3.50. The van der Waals surface area contributed by atoms with Gasteiger partial charge in [-0.3, -0.25) is 0 Å².